The van der Waals surface area contributed by atoms with E-state index < -0.39 is 0 Å². The van der Waals surface area contributed by atoms with Crippen LogP contribution in [0.15, 0.2) is 16.7 Å². The first-order valence-electron chi connectivity index (χ1n) is 7.97. The van der Waals surface area contributed by atoms with E-state index in [4.69, 9.17) is 18.6 Å². The molecule has 0 radical (unpaired) electrons. The standard InChI is InChI=1S/C16H23NO5/c1-2-19-15(18)13-5-7-20-14(13)11-17-6-3-4-12(10-17)16-21-8-9-22-16/h5,7,12,16H,2-4,6,8-11H2,1H3. The summed E-state index contributed by atoms with van der Waals surface area (Å²) in [5.74, 6) is 0.742. The largest absolute Gasteiger partial charge is 0.467 e. The van der Waals surface area contributed by atoms with Gasteiger partial charge in [-0.2, -0.15) is 0 Å². The highest BCUT2D eigenvalue weighted by molar-refractivity contribution is 5.90. The summed E-state index contributed by atoms with van der Waals surface area (Å²) in [5, 5.41) is 0. The number of ether oxygens (including phenoxy) is 3. The smallest absolute Gasteiger partial charge is 0.341 e. The number of likely N-dealkylation sites (tertiary alicyclic amines) is 1. The predicted molar refractivity (Wildman–Crippen MR) is 78.4 cm³/mol. The molecule has 3 heterocycles. The van der Waals surface area contributed by atoms with Crippen LogP contribution < -0.4 is 0 Å². The maximum Gasteiger partial charge on any atom is 0.341 e. The normalized spacial score (nSPS) is 23.8. The van der Waals surface area contributed by atoms with E-state index in [1.165, 1.54) is 0 Å². The fourth-order valence-electron chi connectivity index (χ4n) is 3.16. The lowest BCUT2D eigenvalue weighted by atomic mass is 9.97. The highest BCUT2D eigenvalue weighted by Gasteiger charge is 2.31. The van der Waals surface area contributed by atoms with Crippen LogP contribution in [0.2, 0.25) is 0 Å². The molecule has 6 nitrogen and oxygen atoms in total. The molecule has 0 aromatic carbocycles. The molecule has 1 aromatic heterocycles. The number of nitrogens with zero attached hydrogens (tertiary/aromatic N) is 1. The molecule has 2 aliphatic rings. The highest BCUT2D eigenvalue weighted by Crippen LogP contribution is 2.26. The molecular formula is C16H23NO5. The summed E-state index contributed by atoms with van der Waals surface area (Å²) in [6.07, 6.45) is 3.68. The van der Waals surface area contributed by atoms with E-state index >= 15 is 0 Å². The molecule has 6 heteroatoms. The van der Waals surface area contributed by atoms with Crippen molar-refractivity contribution in [3.05, 3.63) is 23.7 Å². The van der Waals surface area contributed by atoms with Crippen LogP contribution in [0.1, 0.15) is 35.9 Å². The average Bonchev–Trinajstić information content (AvgIpc) is 3.19. The molecule has 22 heavy (non-hydrogen) atoms. The number of hydrogen-bond donors (Lipinski definition) is 0. The maximum absolute atomic E-state index is 11.9. The van der Waals surface area contributed by atoms with Crippen LogP contribution in [0.25, 0.3) is 0 Å². The lowest BCUT2D eigenvalue weighted by Crippen LogP contribution is -2.40. The van der Waals surface area contributed by atoms with Gasteiger partial charge in [-0.15, -0.1) is 0 Å². The Kier molecular flexibility index (Phi) is 5.12. The summed E-state index contributed by atoms with van der Waals surface area (Å²) in [5.41, 5.74) is 0.525. The van der Waals surface area contributed by atoms with Gasteiger partial charge in [0.05, 0.1) is 32.6 Å². The van der Waals surface area contributed by atoms with Crippen LogP contribution in [0.5, 0.6) is 0 Å². The number of carbonyl (C=O) groups is 1. The number of esters is 1. The van der Waals surface area contributed by atoms with Crippen molar-refractivity contribution in [2.75, 3.05) is 32.9 Å². The van der Waals surface area contributed by atoms with Crippen LogP contribution in [-0.4, -0.2) is 50.1 Å². The Balaban J connectivity index is 1.60. The van der Waals surface area contributed by atoms with Crippen molar-refractivity contribution in [3.8, 4) is 0 Å². The van der Waals surface area contributed by atoms with E-state index in [1.54, 1.807) is 19.3 Å². The third-order valence-electron chi connectivity index (χ3n) is 4.18. The van der Waals surface area contributed by atoms with E-state index in [1.807, 2.05) is 0 Å². The van der Waals surface area contributed by atoms with Gasteiger partial charge in [-0.1, -0.05) is 0 Å². The Morgan fingerprint density at radius 3 is 3.00 bits per heavy atom. The fraction of sp³-hybridized carbons (Fsp3) is 0.688. The van der Waals surface area contributed by atoms with Crippen molar-refractivity contribution in [2.45, 2.75) is 32.6 Å². The molecule has 0 aliphatic carbocycles. The van der Waals surface area contributed by atoms with Crippen molar-refractivity contribution in [2.24, 2.45) is 5.92 Å². The van der Waals surface area contributed by atoms with E-state index in [0.29, 0.717) is 43.6 Å². The monoisotopic (exact) mass is 309 g/mol. The molecule has 1 atom stereocenters. The minimum Gasteiger partial charge on any atom is -0.467 e. The zero-order chi connectivity index (χ0) is 15.4. The van der Waals surface area contributed by atoms with Gasteiger partial charge >= 0.3 is 5.97 Å². The molecule has 2 fully saturated rings. The zero-order valence-electron chi connectivity index (χ0n) is 13.0. The van der Waals surface area contributed by atoms with Gasteiger partial charge in [0.2, 0.25) is 0 Å². The lowest BCUT2D eigenvalue weighted by Gasteiger charge is -2.34. The number of hydrogen-bond acceptors (Lipinski definition) is 6. The SMILES string of the molecule is CCOC(=O)c1ccoc1CN1CCCC(C2OCCO2)C1. The molecule has 2 saturated heterocycles. The Bertz CT molecular complexity index is 494. The Hall–Kier alpha value is -1.37. The van der Waals surface area contributed by atoms with Crippen molar-refractivity contribution in [3.63, 3.8) is 0 Å². The quantitative estimate of drug-likeness (QED) is 0.776. The lowest BCUT2D eigenvalue weighted by molar-refractivity contribution is -0.101. The molecule has 2 aliphatic heterocycles. The van der Waals surface area contributed by atoms with Gasteiger partial charge in [-0.05, 0) is 32.4 Å². The molecule has 1 aromatic rings. The molecule has 0 spiro atoms. The second kappa shape index (κ2) is 7.26. The predicted octanol–water partition coefficient (Wildman–Crippen LogP) is 2.04. The van der Waals surface area contributed by atoms with Crippen LogP contribution >= 0.6 is 0 Å². The van der Waals surface area contributed by atoms with E-state index in [9.17, 15) is 4.79 Å². The number of furan rings is 1. The average molecular weight is 309 g/mol. The molecule has 122 valence electrons. The van der Waals surface area contributed by atoms with Gasteiger partial charge in [-0.25, -0.2) is 4.79 Å². The number of rotatable bonds is 5. The van der Waals surface area contributed by atoms with Crippen molar-refractivity contribution in [1.29, 1.82) is 0 Å². The number of carbonyl (C=O) groups excluding carboxylic acids is 1. The fourth-order valence-corrected chi connectivity index (χ4v) is 3.16. The van der Waals surface area contributed by atoms with Crippen molar-refractivity contribution < 1.29 is 23.4 Å². The maximum atomic E-state index is 11.9. The van der Waals surface area contributed by atoms with Gasteiger partial charge in [0, 0.05) is 12.5 Å². The Morgan fingerprint density at radius 2 is 2.23 bits per heavy atom. The van der Waals surface area contributed by atoms with E-state index in [2.05, 4.69) is 4.90 Å². The summed E-state index contributed by atoms with van der Waals surface area (Å²) in [7, 11) is 0. The van der Waals surface area contributed by atoms with Crippen LogP contribution in [0.4, 0.5) is 0 Å². The second-order valence-electron chi connectivity index (χ2n) is 5.73. The first-order chi connectivity index (χ1) is 10.8. The molecular weight excluding hydrogens is 286 g/mol. The van der Waals surface area contributed by atoms with Crippen LogP contribution in [-0.2, 0) is 20.8 Å². The summed E-state index contributed by atoms with van der Waals surface area (Å²) < 4.78 is 21.8. The first kappa shape index (κ1) is 15.5. The molecule has 3 rings (SSSR count). The Labute approximate surface area is 130 Å². The summed E-state index contributed by atoms with van der Waals surface area (Å²) in [6.45, 7) is 6.04. The van der Waals surface area contributed by atoms with Gasteiger partial charge in [0.25, 0.3) is 0 Å². The third kappa shape index (κ3) is 3.51. The zero-order valence-corrected chi connectivity index (χ0v) is 13.0. The molecule has 0 bridgehead atoms. The minimum absolute atomic E-state index is 0.0797. The van der Waals surface area contributed by atoms with Gasteiger partial charge < -0.3 is 18.6 Å². The molecule has 0 amide bonds. The molecule has 0 saturated carbocycles. The summed E-state index contributed by atoms with van der Waals surface area (Å²) in [4.78, 5) is 14.2. The van der Waals surface area contributed by atoms with Crippen LogP contribution in [0, 0.1) is 5.92 Å². The summed E-state index contributed by atoms with van der Waals surface area (Å²) >= 11 is 0. The van der Waals surface area contributed by atoms with Crippen molar-refractivity contribution in [1.82, 2.24) is 4.90 Å². The third-order valence-corrected chi connectivity index (χ3v) is 4.18. The number of piperidine rings is 1. The van der Waals surface area contributed by atoms with Crippen LogP contribution in [0.3, 0.4) is 0 Å². The van der Waals surface area contributed by atoms with Gasteiger partial charge in [0.15, 0.2) is 6.29 Å². The summed E-state index contributed by atoms with van der Waals surface area (Å²) in [6, 6.07) is 1.68. The van der Waals surface area contributed by atoms with Crippen molar-refractivity contribution >= 4 is 5.97 Å². The topological polar surface area (TPSA) is 61.1 Å². The second-order valence-corrected chi connectivity index (χ2v) is 5.73. The van der Waals surface area contributed by atoms with E-state index in [-0.39, 0.29) is 12.3 Å². The van der Waals surface area contributed by atoms with Gasteiger partial charge in [-0.3, -0.25) is 4.90 Å². The molecule has 1 unspecified atom stereocenters. The Morgan fingerprint density at radius 1 is 1.41 bits per heavy atom. The van der Waals surface area contributed by atoms with Gasteiger partial charge in [0.1, 0.15) is 11.3 Å². The van der Waals surface area contributed by atoms with E-state index in [0.717, 1.165) is 25.9 Å². The highest BCUT2D eigenvalue weighted by atomic mass is 16.7. The molecule has 0 N–H and O–H groups in total. The first-order valence-corrected chi connectivity index (χ1v) is 7.97. The minimum atomic E-state index is -0.317.